The summed E-state index contributed by atoms with van der Waals surface area (Å²) in [4.78, 5) is 30.7. The molecule has 0 saturated heterocycles. The lowest BCUT2D eigenvalue weighted by molar-refractivity contribution is -0.117. The van der Waals surface area contributed by atoms with Crippen molar-refractivity contribution >= 4 is 57.5 Å². The summed E-state index contributed by atoms with van der Waals surface area (Å²) in [5.74, 6) is -0.597. The van der Waals surface area contributed by atoms with Crippen molar-refractivity contribution in [2.45, 2.75) is 62.3 Å². The zero-order chi connectivity index (χ0) is 21.3. The van der Waals surface area contributed by atoms with Crippen molar-refractivity contribution < 1.29 is 9.59 Å². The fraction of sp³-hybridized carbons (Fsp3) is 0.476. The second kappa shape index (κ2) is 9.20. The monoisotopic (exact) mass is 466 g/mol. The van der Waals surface area contributed by atoms with E-state index in [-0.39, 0.29) is 29.6 Å². The molecule has 1 aromatic carbocycles. The molecule has 4 rings (SSSR count). The SMILES string of the molecule is NC1=C(C(=O)NC2CC2)C(=NC2CCCCC2)S[C@H]1C(=O)Nc1cc(Cl)ccc1Cl. The number of aliphatic imine (C=N–C) groups is 1. The molecule has 160 valence electrons. The van der Waals surface area contributed by atoms with Crippen molar-refractivity contribution in [2.75, 3.05) is 5.32 Å². The summed E-state index contributed by atoms with van der Waals surface area (Å²) in [5, 5.41) is 6.41. The van der Waals surface area contributed by atoms with Crippen molar-refractivity contribution in [1.29, 1.82) is 0 Å². The quantitative estimate of drug-likeness (QED) is 0.603. The number of anilines is 1. The highest BCUT2D eigenvalue weighted by atomic mass is 35.5. The lowest BCUT2D eigenvalue weighted by atomic mass is 9.96. The van der Waals surface area contributed by atoms with E-state index >= 15 is 0 Å². The van der Waals surface area contributed by atoms with Gasteiger partial charge in [-0.2, -0.15) is 0 Å². The van der Waals surface area contributed by atoms with Gasteiger partial charge in [-0.05, 0) is 43.9 Å². The third-order valence-electron chi connectivity index (χ3n) is 5.45. The van der Waals surface area contributed by atoms with Gasteiger partial charge >= 0.3 is 0 Å². The molecule has 0 aromatic heterocycles. The number of thioether (sulfide) groups is 1. The third kappa shape index (κ3) is 4.95. The Morgan fingerprint density at radius 3 is 2.53 bits per heavy atom. The van der Waals surface area contributed by atoms with Crippen LogP contribution in [0.15, 0.2) is 34.5 Å². The summed E-state index contributed by atoms with van der Waals surface area (Å²) < 4.78 is 0. The number of halogens is 2. The Morgan fingerprint density at radius 1 is 1.10 bits per heavy atom. The number of amides is 2. The van der Waals surface area contributed by atoms with Crippen LogP contribution >= 0.6 is 35.0 Å². The van der Waals surface area contributed by atoms with Gasteiger partial charge in [-0.15, -0.1) is 0 Å². The number of benzene rings is 1. The fourth-order valence-electron chi connectivity index (χ4n) is 3.66. The number of nitrogens with one attached hydrogen (secondary N) is 2. The first-order valence-electron chi connectivity index (χ1n) is 10.2. The molecule has 4 N–H and O–H groups in total. The van der Waals surface area contributed by atoms with Crippen LogP contribution in [0.3, 0.4) is 0 Å². The maximum Gasteiger partial charge on any atom is 0.256 e. The maximum absolute atomic E-state index is 13.0. The molecule has 1 heterocycles. The number of rotatable bonds is 5. The van der Waals surface area contributed by atoms with Gasteiger partial charge in [0.05, 0.1) is 22.3 Å². The third-order valence-corrected chi connectivity index (χ3v) is 7.25. The standard InChI is InChI=1S/C21H24Cl2N4O2S/c22-11-6-9-14(23)15(10-11)27-20(29)18-17(24)16(19(28)25-13-7-8-13)21(30-18)26-12-4-2-1-3-5-12/h6,9-10,12-13,18H,1-5,7-8,24H2,(H,25,28)(H,27,29)/t18-/m1/s1. The first-order valence-corrected chi connectivity index (χ1v) is 11.9. The smallest absolute Gasteiger partial charge is 0.256 e. The minimum Gasteiger partial charge on any atom is -0.400 e. The van der Waals surface area contributed by atoms with E-state index in [4.69, 9.17) is 33.9 Å². The molecule has 2 fully saturated rings. The predicted octanol–water partition coefficient (Wildman–Crippen LogP) is 4.27. The van der Waals surface area contributed by atoms with E-state index in [9.17, 15) is 9.59 Å². The second-order valence-electron chi connectivity index (χ2n) is 7.92. The number of carbonyl (C=O) groups excluding carboxylic acids is 2. The molecular formula is C21H24Cl2N4O2S. The highest BCUT2D eigenvalue weighted by molar-refractivity contribution is 8.16. The van der Waals surface area contributed by atoms with Gasteiger partial charge in [0.2, 0.25) is 5.91 Å². The molecule has 0 radical (unpaired) electrons. The number of carbonyl (C=O) groups is 2. The van der Waals surface area contributed by atoms with Crippen LogP contribution in [-0.4, -0.2) is 34.2 Å². The zero-order valence-electron chi connectivity index (χ0n) is 16.4. The second-order valence-corrected chi connectivity index (χ2v) is 9.85. The van der Waals surface area contributed by atoms with Crippen molar-refractivity contribution in [3.8, 4) is 0 Å². The molecule has 2 saturated carbocycles. The molecule has 6 nitrogen and oxygen atoms in total. The molecule has 1 aliphatic heterocycles. The lowest BCUT2D eigenvalue weighted by Gasteiger charge is -2.18. The van der Waals surface area contributed by atoms with Crippen LogP contribution in [0.4, 0.5) is 5.69 Å². The van der Waals surface area contributed by atoms with Crippen LogP contribution in [0.1, 0.15) is 44.9 Å². The minimum absolute atomic E-state index is 0.168. The van der Waals surface area contributed by atoms with Crippen molar-refractivity contribution in [3.63, 3.8) is 0 Å². The maximum atomic E-state index is 13.0. The number of hydrogen-bond donors (Lipinski definition) is 3. The molecule has 2 amide bonds. The predicted molar refractivity (Wildman–Crippen MR) is 123 cm³/mol. The Morgan fingerprint density at radius 2 is 1.83 bits per heavy atom. The van der Waals surface area contributed by atoms with E-state index in [1.165, 1.54) is 18.2 Å². The lowest BCUT2D eigenvalue weighted by Crippen LogP contribution is -2.32. The molecular weight excluding hydrogens is 443 g/mol. The van der Waals surface area contributed by atoms with Crippen molar-refractivity contribution in [3.05, 3.63) is 39.5 Å². The highest BCUT2D eigenvalue weighted by Crippen LogP contribution is 2.36. The van der Waals surface area contributed by atoms with Crippen LogP contribution in [0.5, 0.6) is 0 Å². The summed E-state index contributed by atoms with van der Waals surface area (Å²) in [6.45, 7) is 0. The van der Waals surface area contributed by atoms with E-state index in [1.54, 1.807) is 18.2 Å². The van der Waals surface area contributed by atoms with Gasteiger partial charge in [0.25, 0.3) is 5.91 Å². The molecule has 1 atom stereocenters. The molecule has 2 aliphatic carbocycles. The fourth-order valence-corrected chi connectivity index (χ4v) is 5.17. The number of nitrogens with zero attached hydrogens (tertiary/aromatic N) is 1. The van der Waals surface area contributed by atoms with Crippen molar-refractivity contribution in [1.82, 2.24) is 5.32 Å². The van der Waals surface area contributed by atoms with Gasteiger partial charge < -0.3 is 16.4 Å². The molecule has 0 spiro atoms. The van der Waals surface area contributed by atoms with Crippen LogP contribution in [0.2, 0.25) is 10.0 Å². The molecule has 1 aromatic rings. The summed E-state index contributed by atoms with van der Waals surface area (Å²) in [5.41, 5.74) is 7.32. The van der Waals surface area contributed by atoms with Crippen molar-refractivity contribution in [2.24, 2.45) is 10.7 Å². The van der Waals surface area contributed by atoms with E-state index in [2.05, 4.69) is 10.6 Å². The zero-order valence-corrected chi connectivity index (χ0v) is 18.7. The van der Waals surface area contributed by atoms with E-state index in [0.29, 0.717) is 26.3 Å². The summed E-state index contributed by atoms with van der Waals surface area (Å²) in [7, 11) is 0. The molecule has 9 heteroatoms. The highest BCUT2D eigenvalue weighted by Gasteiger charge is 2.40. The Labute approximate surface area is 190 Å². The largest absolute Gasteiger partial charge is 0.400 e. The summed E-state index contributed by atoms with van der Waals surface area (Å²) in [6, 6.07) is 5.20. The minimum atomic E-state index is -0.748. The van der Waals surface area contributed by atoms with Gasteiger partial charge in [-0.1, -0.05) is 54.2 Å². The molecule has 3 aliphatic rings. The first-order chi connectivity index (χ1) is 14.4. The average molecular weight is 467 g/mol. The van der Waals surface area contributed by atoms with Gasteiger partial charge in [-0.3, -0.25) is 14.6 Å². The average Bonchev–Trinajstić information content (AvgIpc) is 3.47. The molecule has 0 unspecified atom stereocenters. The Bertz CT molecular complexity index is 924. The van der Waals surface area contributed by atoms with E-state index < -0.39 is 5.25 Å². The van der Waals surface area contributed by atoms with Gasteiger partial charge in [0.1, 0.15) is 10.3 Å². The Hall–Kier alpha value is -1.70. The Balaban J connectivity index is 1.58. The van der Waals surface area contributed by atoms with Crippen LogP contribution in [0, 0.1) is 0 Å². The van der Waals surface area contributed by atoms with E-state index in [0.717, 1.165) is 38.5 Å². The summed E-state index contributed by atoms with van der Waals surface area (Å²) >= 11 is 13.4. The first kappa shape index (κ1) is 21.5. The number of hydrogen-bond acceptors (Lipinski definition) is 5. The topological polar surface area (TPSA) is 96.6 Å². The van der Waals surface area contributed by atoms with Crippen LogP contribution in [0.25, 0.3) is 0 Å². The van der Waals surface area contributed by atoms with Gasteiger partial charge in [0, 0.05) is 16.8 Å². The summed E-state index contributed by atoms with van der Waals surface area (Å²) in [6.07, 6.45) is 7.41. The van der Waals surface area contributed by atoms with Gasteiger partial charge in [-0.25, -0.2) is 0 Å². The molecule has 30 heavy (non-hydrogen) atoms. The Kier molecular flexibility index (Phi) is 6.60. The number of nitrogens with two attached hydrogens (primary N) is 1. The van der Waals surface area contributed by atoms with Crippen LogP contribution in [-0.2, 0) is 9.59 Å². The molecule has 0 bridgehead atoms. The normalized spacial score (nSPS) is 23.7. The van der Waals surface area contributed by atoms with Crippen LogP contribution < -0.4 is 16.4 Å². The van der Waals surface area contributed by atoms with Gasteiger partial charge in [0.15, 0.2) is 0 Å². The van der Waals surface area contributed by atoms with E-state index in [1.807, 2.05) is 0 Å².